The van der Waals surface area contributed by atoms with E-state index in [1.165, 1.54) is 19.4 Å². The van der Waals surface area contributed by atoms with Crippen LogP contribution < -0.4 is 10.6 Å². The molecule has 4 nitrogen and oxygen atoms in total. The Morgan fingerprint density at radius 2 is 2.31 bits per heavy atom. The highest BCUT2D eigenvalue weighted by molar-refractivity contribution is 5.81. The second-order valence-corrected chi connectivity index (χ2v) is 4.78. The van der Waals surface area contributed by atoms with Gasteiger partial charge in [0.05, 0.1) is 6.04 Å². The number of nitrogens with one attached hydrogen (secondary N) is 2. The molecule has 2 unspecified atom stereocenters. The highest BCUT2D eigenvalue weighted by Crippen LogP contribution is 2.08. The minimum absolute atomic E-state index is 0.0805. The first-order valence-corrected chi connectivity index (χ1v) is 6.35. The number of piperidine rings is 1. The third-order valence-corrected chi connectivity index (χ3v) is 3.05. The molecule has 0 spiro atoms. The molecule has 1 aliphatic rings. The van der Waals surface area contributed by atoms with Gasteiger partial charge in [0, 0.05) is 19.1 Å². The normalized spacial score (nSPS) is 24.1. The SMILES string of the molecule is CCCNC(=O)C(C)NC1CCCN(C)C1. The van der Waals surface area contributed by atoms with Gasteiger partial charge in [0.1, 0.15) is 0 Å². The van der Waals surface area contributed by atoms with E-state index in [0.29, 0.717) is 6.04 Å². The Bertz CT molecular complexity index is 220. The zero-order valence-electron chi connectivity index (χ0n) is 10.8. The number of nitrogens with zero attached hydrogens (tertiary/aromatic N) is 1. The molecule has 1 saturated heterocycles. The van der Waals surface area contributed by atoms with E-state index < -0.39 is 0 Å². The Balaban J connectivity index is 2.26. The van der Waals surface area contributed by atoms with Gasteiger partial charge in [0.2, 0.25) is 5.91 Å². The largest absolute Gasteiger partial charge is 0.355 e. The van der Waals surface area contributed by atoms with Crippen LogP contribution in [0.1, 0.15) is 33.1 Å². The monoisotopic (exact) mass is 227 g/mol. The van der Waals surface area contributed by atoms with Crippen LogP contribution in [0.2, 0.25) is 0 Å². The maximum Gasteiger partial charge on any atom is 0.236 e. The Morgan fingerprint density at radius 1 is 1.56 bits per heavy atom. The van der Waals surface area contributed by atoms with Crippen LogP contribution in [-0.4, -0.2) is 49.6 Å². The Labute approximate surface area is 98.8 Å². The van der Waals surface area contributed by atoms with Crippen molar-refractivity contribution in [1.82, 2.24) is 15.5 Å². The lowest BCUT2D eigenvalue weighted by Gasteiger charge is -2.32. The molecule has 2 atom stereocenters. The number of likely N-dealkylation sites (N-methyl/N-ethyl adjacent to an activating group) is 1. The van der Waals surface area contributed by atoms with E-state index in [4.69, 9.17) is 0 Å². The summed E-state index contributed by atoms with van der Waals surface area (Å²) in [4.78, 5) is 14.0. The number of hydrogen-bond donors (Lipinski definition) is 2. The molecule has 16 heavy (non-hydrogen) atoms. The van der Waals surface area contributed by atoms with Gasteiger partial charge in [-0.05, 0) is 39.8 Å². The van der Waals surface area contributed by atoms with E-state index in [1.807, 2.05) is 6.92 Å². The van der Waals surface area contributed by atoms with Gasteiger partial charge in [-0.25, -0.2) is 0 Å². The van der Waals surface area contributed by atoms with Crippen molar-refractivity contribution >= 4 is 5.91 Å². The zero-order chi connectivity index (χ0) is 12.0. The van der Waals surface area contributed by atoms with Crippen molar-refractivity contribution in [3.8, 4) is 0 Å². The minimum Gasteiger partial charge on any atom is -0.355 e. The molecule has 0 bridgehead atoms. The van der Waals surface area contributed by atoms with Gasteiger partial charge < -0.3 is 15.5 Å². The van der Waals surface area contributed by atoms with Crippen molar-refractivity contribution in [2.24, 2.45) is 0 Å². The molecule has 1 heterocycles. The maximum absolute atomic E-state index is 11.7. The van der Waals surface area contributed by atoms with Crippen molar-refractivity contribution < 1.29 is 4.79 Å². The van der Waals surface area contributed by atoms with Gasteiger partial charge in [0.15, 0.2) is 0 Å². The predicted molar refractivity (Wildman–Crippen MR) is 66.4 cm³/mol. The molecule has 4 heteroatoms. The molecule has 0 aromatic heterocycles. The zero-order valence-corrected chi connectivity index (χ0v) is 10.8. The van der Waals surface area contributed by atoms with E-state index in [2.05, 4.69) is 29.5 Å². The summed E-state index contributed by atoms with van der Waals surface area (Å²) in [6.07, 6.45) is 3.39. The molecule has 0 radical (unpaired) electrons. The average Bonchev–Trinajstić information content (AvgIpc) is 2.25. The molecule has 1 rings (SSSR count). The van der Waals surface area contributed by atoms with Crippen LogP contribution in [0.4, 0.5) is 0 Å². The molecule has 1 amide bonds. The summed E-state index contributed by atoms with van der Waals surface area (Å²) in [7, 11) is 2.13. The van der Waals surface area contributed by atoms with Crippen LogP contribution >= 0.6 is 0 Å². The fraction of sp³-hybridized carbons (Fsp3) is 0.917. The fourth-order valence-corrected chi connectivity index (χ4v) is 2.13. The van der Waals surface area contributed by atoms with E-state index in [9.17, 15) is 4.79 Å². The molecule has 0 aromatic carbocycles. The van der Waals surface area contributed by atoms with Crippen LogP contribution in [0.15, 0.2) is 0 Å². The minimum atomic E-state index is -0.0805. The number of rotatable bonds is 5. The van der Waals surface area contributed by atoms with Crippen molar-refractivity contribution in [3.05, 3.63) is 0 Å². The van der Waals surface area contributed by atoms with Gasteiger partial charge in [-0.15, -0.1) is 0 Å². The van der Waals surface area contributed by atoms with Gasteiger partial charge >= 0.3 is 0 Å². The maximum atomic E-state index is 11.7. The molecule has 0 aliphatic carbocycles. The Morgan fingerprint density at radius 3 is 2.94 bits per heavy atom. The lowest BCUT2D eigenvalue weighted by Crippen LogP contribution is -2.51. The van der Waals surface area contributed by atoms with E-state index >= 15 is 0 Å². The van der Waals surface area contributed by atoms with Crippen molar-refractivity contribution in [2.45, 2.75) is 45.2 Å². The van der Waals surface area contributed by atoms with Gasteiger partial charge in [-0.1, -0.05) is 6.92 Å². The number of carbonyl (C=O) groups excluding carboxylic acids is 1. The van der Waals surface area contributed by atoms with Crippen LogP contribution in [-0.2, 0) is 4.79 Å². The summed E-state index contributed by atoms with van der Waals surface area (Å²) in [5.74, 6) is 0.120. The highest BCUT2D eigenvalue weighted by atomic mass is 16.2. The summed E-state index contributed by atoms with van der Waals surface area (Å²) in [5, 5.41) is 6.32. The molecule has 0 aromatic rings. The van der Waals surface area contributed by atoms with Crippen molar-refractivity contribution in [3.63, 3.8) is 0 Å². The lowest BCUT2D eigenvalue weighted by atomic mass is 10.1. The number of hydrogen-bond acceptors (Lipinski definition) is 3. The smallest absolute Gasteiger partial charge is 0.236 e. The molecule has 2 N–H and O–H groups in total. The topological polar surface area (TPSA) is 44.4 Å². The van der Waals surface area contributed by atoms with Gasteiger partial charge in [0.25, 0.3) is 0 Å². The summed E-state index contributed by atoms with van der Waals surface area (Å²) < 4.78 is 0. The Hall–Kier alpha value is -0.610. The van der Waals surface area contributed by atoms with Crippen molar-refractivity contribution in [1.29, 1.82) is 0 Å². The highest BCUT2D eigenvalue weighted by Gasteiger charge is 2.21. The summed E-state index contributed by atoms with van der Waals surface area (Å²) in [6, 6.07) is 0.379. The van der Waals surface area contributed by atoms with E-state index in [1.54, 1.807) is 0 Å². The first kappa shape index (κ1) is 13.5. The van der Waals surface area contributed by atoms with Crippen LogP contribution in [0.5, 0.6) is 0 Å². The molecular weight excluding hydrogens is 202 g/mol. The van der Waals surface area contributed by atoms with Gasteiger partial charge in [-0.2, -0.15) is 0 Å². The summed E-state index contributed by atoms with van der Waals surface area (Å²) >= 11 is 0. The third kappa shape index (κ3) is 4.49. The first-order valence-electron chi connectivity index (χ1n) is 6.35. The van der Waals surface area contributed by atoms with E-state index in [-0.39, 0.29) is 11.9 Å². The third-order valence-electron chi connectivity index (χ3n) is 3.05. The Kier molecular flexibility index (Phi) is 5.77. The fourth-order valence-electron chi connectivity index (χ4n) is 2.13. The predicted octanol–water partition coefficient (Wildman–Crippen LogP) is 0.585. The van der Waals surface area contributed by atoms with Crippen LogP contribution in [0.3, 0.4) is 0 Å². The van der Waals surface area contributed by atoms with Gasteiger partial charge in [-0.3, -0.25) is 4.79 Å². The van der Waals surface area contributed by atoms with Crippen LogP contribution in [0, 0.1) is 0 Å². The number of carbonyl (C=O) groups is 1. The molecular formula is C12H25N3O. The van der Waals surface area contributed by atoms with Crippen LogP contribution in [0.25, 0.3) is 0 Å². The average molecular weight is 227 g/mol. The first-order chi connectivity index (χ1) is 7.63. The van der Waals surface area contributed by atoms with E-state index in [0.717, 1.165) is 19.5 Å². The molecule has 1 fully saturated rings. The standard InChI is InChI=1S/C12H25N3O/c1-4-7-13-12(16)10(2)14-11-6-5-8-15(3)9-11/h10-11,14H,4-9H2,1-3H3,(H,13,16). The number of likely N-dealkylation sites (tertiary alicyclic amines) is 1. The molecule has 94 valence electrons. The second kappa shape index (κ2) is 6.86. The quantitative estimate of drug-likeness (QED) is 0.722. The lowest BCUT2D eigenvalue weighted by molar-refractivity contribution is -0.123. The molecule has 0 saturated carbocycles. The summed E-state index contributed by atoms with van der Waals surface area (Å²) in [6.45, 7) is 7.00. The summed E-state index contributed by atoms with van der Waals surface area (Å²) in [5.41, 5.74) is 0. The van der Waals surface area contributed by atoms with Crippen molar-refractivity contribution in [2.75, 3.05) is 26.7 Å². The second-order valence-electron chi connectivity index (χ2n) is 4.78. The number of amides is 1. The molecule has 1 aliphatic heterocycles.